The number of nitrogens with one attached hydrogen (secondary N) is 1. The van der Waals surface area contributed by atoms with E-state index in [1.807, 2.05) is 13.8 Å². The van der Waals surface area contributed by atoms with Crippen LogP contribution in [0.2, 0.25) is 0 Å². The van der Waals surface area contributed by atoms with Crippen LogP contribution < -0.4 is 14.8 Å². The summed E-state index contributed by atoms with van der Waals surface area (Å²) in [6.07, 6.45) is 2.57. The van der Waals surface area contributed by atoms with E-state index in [9.17, 15) is 10.1 Å². The van der Waals surface area contributed by atoms with Crippen LogP contribution in [0.4, 0.5) is 5.69 Å². The summed E-state index contributed by atoms with van der Waals surface area (Å²) in [4.78, 5) is 16.7. The van der Waals surface area contributed by atoms with Gasteiger partial charge in [-0.15, -0.1) is 0 Å². The van der Waals surface area contributed by atoms with Crippen molar-refractivity contribution >= 4 is 11.6 Å². The van der Waals surface area contributed by atoms with Crippen molar-refractivity contribution in [2.45, 2.75) is 20.0 Å². The van der Waals surface area contributed by atoms with E-state index in [1.165, 1.54) is 0 Å². The molecule has 0 spiro atoms. The van der Waals surface area contributed by atoms with Gasteiger partial charge in [0, 0.05) is 18.1 Å². The molecule has 1 heterocycles. The van der Waals surface area contributed by atoms with Crippen LogP contribution in [0, 0.1) is 17.2 Å². The maximum Gasteiger partial charge on any atom is 0.265 e. The lowest BCUT2D eigenvalue weighted by molar-refractivity contribution is -0.124. The number of hydrogen-bond acceptors (Lipinski definition) is 5. The van der Waals surface area contributed by atoms with Gasteiger partial charge in [0.2, 0.25) is 0 Å². The molecule has 29 heavy (non-hydrogen) atoms. The third kappa shape index (κ3) is 5.33. The first-order valence-corrected chi connectivity index (χ1v) is 9.21. The topological polar surface area (TPSA) is 84.2 Å². The number of amides is 1. The number of carbonyl (C=O) groups excluding carboxylic acids is 1. The highest BCUT2D eigenvalue weighted by atomic mass is 16.5. The molecule has 2 aromatic carbocycles. The first-order chi connectivity index (χ1) is 14.1. The van der Waals surface area contributed by atoms with E-state index in [2.05, 4.69) is 16.4 Å². The molecule has 1 N–H and O–H groups in total. The predicted molar refractivity (Wildman–Crippen MR) is 110 cm³/mol. The lowest BCUT2D eigenvalue weighted by Gasteiger charge is -2.22. The summed E-state index contributed by atoms with van der Waals surface area (Å²) < 4.78 is 11.6. The summed E-state index contributed by atoms with van der Waals surface area (Å²) in [5, 5.41) is 12.1. The Balaban J connectivity index is 1.67. The third-order valence-corrected chi connectivity index (χ3v) is 4.13. The number of rotatable bonds is 7. The molecular weight excluding hydrogens is 366 g/mol. The second-order valence-electron chi connectivity index (χ2n) is 6.69. The smallest absolute Gasteiger partial charge is 0.265 e. The fourth-order valence-electron chi connectivity index (χ4n) is 2.65. The van der Waals surface area contributed by atoms with E-state index in [-0.39, 0.29) is 11.8 Å². The highest BCUT2D eigenvalue weighted by Gasteiger charge is 2.25. The van der Waals surface area contributed by atoms with Gasteiger partial charge in [0.25, 0.3) is 5.91 Å². The van der Waals surface area contributed by atoms with Gasteiger partial charge in [-0.3, -0.25) is 9.78 Å². The molecule has 1 unspecified atom stereocenters. The van der Waals surface area contributed by atoms with Gasteiger partial charge in [0.1, 0.15) is 23.3 Å². The third-order valence-electron chi connectivity index (χ3n) is 4.13. The number of aromatic nitrogens is 1. The van der Waals surface area contributed by atoms with Crippen LogP contribution in [0.1, 0.15) is 19.4 Å². The summed E-state index contributed by atoms with van der Waals surface area (Å²) in [6, 6.07) is 19.5. The fourth-order valence-corrected chi connectivity index (χ4v) is 2.65. The average molecular weight is 387 g/mol. The Hall–Kier alpha value is -3.85. The molecular formula is C23H21N3O3. The average Bonchev–Trinajstić information content (AvgIpc) is 2.74. The first-order valence-electron chi connectivity index (χ1n) is 9.21. The zero-order valence-electron chi connectivity index (χ0n) is 16.2. The first kappa shape index (κ1) is 19.9. The second kappa shape index (κ2) is 9.38. The molecule has 6 heteroatoms. The largest absolute Gasteiger partial charge is 0.479 e. The minimum atomic E-state index is -0.739. The van der Waals surface area contributed by atoms with E-state index in [1.54, 1.807) is 73.1 Å². The summed E-state index contributed by atoms with van der Waals surface area (Å²) in [6.45, 7) is 3.79. The van der Waals surface area contributed by atoms with Gasteiger partial charge in [-0.05, 0) is 54.4 Å². The van der Waals surface area contributed by atoms with Crippen LogP contribution in [0.5, 0.6) is 17.2 Å². The molecule has 6 nitrogen and oxygen atoms in total. The molecule has 0 saturated heterocycles. The number of nitriles is 1. The molecule has 146 valence electrons. The molecule has 3 rings (SSSR count). The van der Waals surface area contributed by atoms with E-state index in [0.29, 0.717) is 28.5 Å². The van der Waals surface area contributed by atoms with Gasteiger partial charge in [-0.25, -0.2) is 0 Å². The van der Waals surface area contributed by atoms with Crippen molar-refractivity contribution in [3.05, 3.63) is 78.6 Å². The second-order valence-corrected chi connectivity index (χ2v) is 6.69. The van der Waals surface area contributed by atoms with Crippen LogP contribution in [0.3, 0.4) is 0 Å². The lowest BCUT2D eigenvalue weighted by atomic mass is 10.1. The predicted octanol–water partition coefficient (Wildman–Crippen LogP) is 4.79. The van der Waals surface area contributed by atoms with Crippen LogP contribution in [-0.4, -0.2) is 17.0 Å². The Morgan fingerprint density at radius 2 is 1.66 bits per heavy atom. The van der Waals surface area contributed by atoms with E-state index >= 15 is 0 Å². The number of para-hydroxylation sites is 1. The summed E-state index contributed by atoms with van der Waals surface area (Å²) in [5.74, 6) is 1.35. The van der Waals surface area contributed by atoms with Crippen LogP contribution in [0.15, 0.2) is 73.1 Å². The Kier molecular flexibility index (Phi) is 6.43. The van der Waals surface area contributed by atoms with Gasteiger partial charge in [-0.1, -0.05) is 26.0 Å². The Labute approximate surface area is 169 Å². The molecule has 1 amide bonds. The zero-order chi connectivity index (χ0) is 20.6. The van der Waals surface area contributed by atoms with E-state index in [0.717, 1.165) is 0 Å². The molecule has 0 bridgehead atoms. The van der Waals surface area contributed by atoms with Crippen molar-refractivity contribution in [3.8, 4) is 23.3 Å². The Morgan fingerprint density at radius 1 is 1.00 bits per heavy atom. The standard InChI is InChI=1S/C23H21N3O3/c1-16(2)22(29-21-6-4-3-5-17(21)15-24)23(27)26-18-7-9-19(10-8-18)28-20-11-13-25-14-12-20/h3-14,16,22H,1-2H3,(H,26,27). The van der Waals surface area contributed by atoms with Crippen molar-refractivity contribution < 1.29 is 14.3 Å². The van der Waals surface area contributed by atoms with Crippen LogP contribution in [-0.2, 0) is 4.79 Å². The van der Waals surface area contributed by atoms with Gasteiger partial charge < -0.3 is 14.8 Å². The number of pyridine rings is 1. The maximum atomic E-state index is 12.8. The molecule has 0 saturated carbocycles. The molecule has 0 aliphatic rings. The summed E-state index contributed by atoms with van der Waals surface area (Å²) in [7, 11) is 0. The highest BCUT2D eigenvalue weighted by molar-refractivity contribution is 5.94. The van der Waals surface area contributed by atoms with Gasteiger partial charge in [0.05, 0.1) is 5.56 Å². The van der Waals surface area contributed by atoms with E-state index < -0.39 is 6.10 Å². The number of nitrogens with zero attached hydrogens (tertiary/aromatic N) is 2. The SMILES string of the molecule is CC(C)C(Oc1ccccc1C#N)C(=O)Nc1ccc(Oc2ccncc2)cc1. The molecule has 1 atom stereocenters. The summed E-state index contributed by atoms with van der Waals surface area (Å²) in [5.41, 5.74) is 1.02. The van der Waals surface area contributed by atoms with Crippen molar-refractivity contribution in [2.75, 3.05) is 5.32 Å². The molecule has 0 aliphatic carbocycles. The molecule has 0 aliphatic heterocycles. The maximum absolute atomic E-state index is 12.8. The van der Waals surface area contributed by atoms with Crippen LogP contribution >= 0.6 is 0 Å². The number of ether oxygens (including phenoxy) is 2. The van der Waals surface area contributed by atoms with E-state index in [4.69, 9.17) is 9.47 Å². The Bertz CT molecular complexity index is 996. The molecule has 1 aromatic heterocycles. The normalized spacial score (nSPS) is 11.4. The minimum Gasteiger partial charge on any atom is -0.479 e. The molecule has 3 aromatic rings. The monoisotopic (exact) mass is 387 g/mol. The number of carbonyl (C=O) groups is 1. The van der Waals surface area contributed by atoms with Gasteiger partial charge >= 0.3 is 0 Å². The molecule has 0 radical (unpaired) electrons. The zero-order valence-corrected chi connectivity index (χ0v) is 16.2. The number of benzene rings is 2. The quantitative estimate of drug-likeness (QED) is 0.630. The van der Waals surface area contributed by atoms with Crippen molar-refractivity contribution in [2.24, 2.45) is 5.92 Å². The van der Waals surface area contributed by atoms with Crippen molar-refractivity contribution in [3.63, 3.8) is 0 Å². The minimum absolute atomic E-state index is 0.0870. The van der Waals surface area contributed by atoms with Gasteiger partial charge in [0.15, 0.2) is 6.10 Å². The lowest BCUT2D eigenvalue weighted by Crippen LogP contribution is -2.37. The number of anilines is 1. The highest BCUT2D eigenvalue weighted by Crippen LogP contribution is 2.24. The molecule has 0 fully saturated rings. The van der Waals surface area contributed by atoms with Crippen molar-refractivity contribution in [1.82, 2.24) is 4.98 Å². The van der Waals surface area contributed by atoms with Crippen molar-refractivity contribution in [1.29, 1.82) is 5.26 Å². The Morgan fingerprint density at radius 3 is 2.31 bits per heavy atom. The fraction of sp³-hybridized carbons (Fsp3) is 0.174. The van der Waals surface area contributed by atoms with Gasteiger partial charge in [-0.2, -0.15) is 5.26 Å². The number of hydrogen-bond donors (Lipinski definition) is 1. The van der Waals surface area contributed by atoms with Crippen LogP contribution in [0.25, 0.3) is 0 Å². The summed E-state index contributed by atoms with van der Waals surface area (Å²) >= 11 is 0.